The largest absolute Gasteiger partial charge is 0.495 e. The number of aliphatic hydroxyl groups excluding tert-OH is 1. The lowest BCUT2D eigenvalue weighted by atomic mass is 9.92. The third-order valence-corrected chi connectivity index (χ3v) is 6.95. The number of rotatable bonds is 3. The van der Waals surface area contributed by atoms with Gasteiger partial charge < -0.3 is 24.3 Å². The van der Waals surface area contributed by atoms with Crippen LogP contribution in [-0.2, 0) is 13.7 Å². The predicted octanol–water partition coefficient (Wildman–Crippen LogP) is 4.74. The van der Waals surface area contributed by atoms with Crippen molar-refractivity contribution in [2.75, 3.05) is 13.9 Å². The van der Waals surface area contributed by atoms with Crippen molar-refractivity contribution in [1.29, 1.82) is 0 Å². The third-order valence-electron chi connectivity index (χ3n) is 6.95. The molecule has 0 aliphatic carbocycles. The molecule has 172 valence electrons. The van der Waals surface area contributed by atoms with Crippen LogP contribution in [0.25, 0.3) is 54.6 Å². The number of ether oxygens (including phenoxy) is 3. The van der Waals surface area contributed by atoms with Crippen LogP contribution in [0.2, 0.25) is 0 Å². The summed E-state index contributed by atoms with van der Waals surface area (Å²) in [4.78, 5) is 7.59. The van der Waals surface area contributed by atoms with Crippen molar-refractivity contribution in [2.45, 2.75) is 6.61 Å². The SMILES string of the molecule is COc1c(CO)ccc2c1c[n+](C)c1c3cc4c(cc3c(-c3ccc5nc[nH]c5c3)cc21)OCO4. The smallest absolute Gasteiger partial charge is 0.231 e. The number of aryl methyl sites for hydroxylation is 1. The number of hydrogen-bond donors (Lipinski definition) is 2. The lowest BCUT2D eigenvalue weighted by Crippen LogP contribution is -2.28. The van der Waals surface area contributed by atoms with Crippen LogP contribution in [0.5, 0.6) is 17.2 Å². The highest BCUT2D eigenvalue weighted by molar-refractivity contribution is 6.19. The summed E-state index contributed by atoms with van der Waals surface area (Å²) in [7, 11) is 3.68. The number of aliphatic hydroxyl groups is 1. The van der Waals surface area contributed by atoms with Gasteiger partial charge in [-0.2, -0.15) is 4.57 Å². The van der Waals surface area contributed by atoms with Crippen molar-refractivity contribution in [1.82, 2.24) is 9.97 Å². The van der Waals surface area contributed by atoms with Crippen molar-refractivity contribution in [3.8, 4) is 28.4 Å². The molecule has 7 nitrogen and oxygen atoms in total. The van der Waals surface area contributed by atoms with E-state index in [9.17, 15) is 5.11 Å². The minimum absolute atomic E-state index is 0.0858. The van der Waals surface area contributed by atoms with Gasteiger partial charge in [-0.15, -0.1) is 0 Å². The van der Waals surface area contributed by atoms with E-state index in [-0.39, 0.29) is 13.4 Å². The Morgan fingerprint density at radius 1 is 0.971 bits per heavy atom. The van der Waals surface area contributed by atoms with E-state index in [1.165, 1.54) is 0 Å². The Hall–Kier alpha value is -4.36. The minimum atomic E-state index is -0.0858. The zero-order valence-corrected chi connectivity index (χ0v) is 19.3. The number of hydrogen-bond acceptors (Lipinski definition) is 5. The van der Waals surface area contributed by atoms with Crippen LogP contribution in [0.4, 0.5) is 0 Å². The van der Waals surface area contributed by atoms with E-state index in [0.717, 1.165) is 71.7 Å². The summed E-state index contributed by atoms with van der Waals surface area (Å²) in [6.07, 6.45) is 3.78. The molecule has 0 saturated heterocycles. The molecular weight excluding hydrogens is 442 g/mol. The molecule has 0 radical (unpaired) electrons. The molecule has 0 saturated carbocycles. The van der Waals surface area contributed by atoms with E-state index >= 15 is 0 Å². The number of pyridine rings is 1. The molecule has 7 rings (SSSR count). The minimum Gasteiger partial charge on any atom is -0.495 e. The number of imidazole rings is 1. The van der Waals surface area contributed by atoms with Gasteiger partial charge >= 0.3 is 0 Å². The highest BCUT2D eigenvalue weighted by Gasteiger charge is 2.24. The van der Waals surface area contributed by atoms with Crippen LogP contribution in [0.3, 0.4) is 0 Å². The second-order valence-electron chi connectivity index (χ2n) is 8.82. The number of aromatic nitrogens is 3. The first-order valence-corrected chi connectivity index (χ1v) is 11.4. The van der Waals surface area contributed by atoms with E-state index in [1.54, 1.807) is 13.4 Å². The van der Waals surface area contributed by atoms with Gasteiger partial charge in [0.15, 0.2) is 17.7 Å². The Bertz CT molecular complexity index is 1820. The van der Waals surface area contributed by atoms with Gasteiger partial charge in [-0.1, -0.05) is 18.2 Å². The van der Waals surface area contributed by atoms with Gasteiger partial charge in [-0.25, -0.2) is 4.98 Å². The molecule has 4 aromatic carbocycles. The number of aromatic amines is 1. The fourth-order valence-electron chi connectivity index (χ4n) is 5.35. The monoisotopic (exact) mass is 464 g/mol. The van der Waals surface area contributed by atoms with E-state index in [2.05, 4.69) is 57.1 Å². The van der Waals surface area contributed by atoms with Crippen LogP contribution in [0, 0.1) is 0 Å². The number of nitrogens with one attached hydrogen (secondary N) is 1. The summed E-state index contributed by atoms with van der Waals surface area (Å²) < 4.78 is 19.3. The van der Waals surface area contributed by atoms with Crippen LogP contribution in [-0.4, -0.2) is 29.0 Å². The van der Waals surface area contributed by atoms with Gasteiger partial charge in [0, 0.05) is 16.3 Å². The Kier molecular flexibility index (Phi) is 4.19. The van der Waals surface area contributed by atoms with E-state index in [1.807, 2.05) is 19.2 Å². The van der Waals surface area contributed by atoms with Gasteiger partial charge in [0.25, 0.3) is 0 Å². The van der Waals surface area contributed by atoms with Crippen molar-refractivity contribution >= 4 is 43.5 Å². The maximum Gasteiger partial charge on any atom is 0.231 e. The Morgan fingerprint density at radius 2 is 1.77 bits per heavy atom. The lowest BCUT2D eigenvalue weighted by molar-refractivity contribution is -0.642. The fraction of sp³-hybridized carbons (Fsp3) is 0.143. The average Bonchev–Trinajstić information content (AvgIpc) is 3.54. The van der Waals surface area contributed by atoms with Gasteiger partial charge in [0.1, 0.15) is 12.8 Å². The summed E-state index contributed by atoms with van der Waals surface area (Å²) in [5, 5.41) is 15.1. The predicted molar refractivity (Wildman–Crippen MR) is 134 cm³/mol. The zero-order chi connectivity index (χ0) is 23.7. The zero-order valence-electron chi connectivity index (χ0n) is 19.3. The van der Waals surface area contributed by atoms with Gasteiger partial charge in [0.05, 0.1) is 47.2 Å². The van der Waals surface area contributed by atoms with E-state index in [0.29, 0.717) is 5.75 Å². The highest BCUT2D eigenvalue weighted by atomic mass is 16.7. The summed E-state index contributed by atoms with van der Waals surface area (Å²) in [6, 6.07) is 16.6. The number of methoxy groups -OCH3 is 1. The van der Waals surface area contributed by atoms with Crippen molar-refractivity contribution in [3.63, 3.8) is 0 Å². The molecule has 2 N–H and O–H groups in total. The molecule has 0 spiro atoms. The maximum absolute atomic E-state index is 9.86. The molecule has 0 fully saturated rings. The van der Waals surface area contributed by atoms with Gasteiger partial charge in [-0.05, 0) is 41.5 Å². The molecular formula is C28H22N3O4+. The van der Waals surface area contributed by atoms with Crippen molar-refractivity contribution < 1.29 is 23.9 Å². The quantitative estimate of drug-likeness (QED) is 0.292. The Morgan fingerprint density at radius 3 is 2.57 bits per heavy atom. The van der Waals surface area contributed by atoms with Gasteiger partial charge in [-0.3, -0.25) is 0 Å². The number of fused-ring (bicyclic) bond motifs is 7. The van der Waals surface area contributed by atoms with Crippen LogP contribution < -0.4 is 18.8 Å². The van der Waals surface area contributed by atoms with Crippen LogP contribution >= 0.6 is 0 Å². The second kappa shape index (κ2) is 7.32. The standard InChI is InChI=1S/C28H22N3O4/c1-31-11-22-17(5-3-16(12-32)28(22)33-2)20-8-18(15-4-6-23-24(7-15)30-13-29-23)19-9-25-26(35-14-34-25)10-21(19)27(20)31/h3-11,13,32H,12,14H2,1-2H3,(H,29,30)/q+1. The van der Waals surface area contributed by atoms with Crippen molar-refractivity contribution in [3.05, 3.63) is 66.6 Å². The first kappa shape index (κ1) is 20.1. The topological polar surface area (TPSA) is 80.5 Å². The maximum atomic E-state index is 9.86. The van der Waals surface area contributed by atoms with Gasteiger partial charge in [0.2, 0.25) is 12.3 Å². The van der Waals surface area contributed by atoms with Crippen molar-refractivity contribution in [2.24, 2.45) is 7.05 Å². The molecule has 0 unspecified atom stereocenters. The molecule has 0 atom stereocenters. The number of nitrogens with zero attached hydrogens (tertiary/aromatic N) is 2. The fourth-order valence-corrected chi connectivity index (χ4v) is 5.35. The van der Waals surface area contributed by atoms with E-state index < -0.39 is 0 Å². The Labute approximate surface area is 200 Å². The first-order valence-electron chi connectivity index (χ1n) is 11.4. The summed E-state index contributed by atoms with van der Waals surface area (Å²) >= 11 is 0. The third kappa shape index (κ3) is 2.82. The lowest BCUT2D eigenvalue weighted by Gasteiger charge is -2.14. The Balaban J connectivity index is 1.67. The van der Waals surface area contributed by atoms with E-state index in [4.69, 9.17) is 14.2 Å². The van der Waals surface area contributed by atoms with Crippen LogP contribution in [0.1, 0.15) is 5.56 Å². The molecule has 3 heterocycles. The second-order valence-corrected chi connectivity index (χ2v) is 8.82. The molecule has 0 bridgehead atoms. The average molecular weight is 465 g/mol. The molecule has 1 aliphatic heterocycles. The number of benzene rings is 4. The molecule has 1 aliphatic rings. The molecule has 6 aromatic rings. The first-order chi connectivity index (χ1) is 17.2. The molecule has 0 amide bonds. The van der Waals surface area contributed by atoms with Crippen LogP contribution in [0.15, 0.2) is 61.1 Å². The molecule has 7 heteroatoms. The summed E-state index contributed by atoms with van der Waals surface area (Å²) in [5.74, 6) is 2.18. The highest BCUT2D eigenvalue weighted by Crippen LogP contribution is 2.44. The summed E-state index contributed by atoms with van der Waals surface area (Å²) in [6.45, 7) is 0.132. The number of H-pyrrole nitrogens is 1. The normalized spacial score (nSPS) is 12.9. The summed E-state index contributed by atoms with van der Waals surface area (Å²) in [5.41, 5.74) is 5.90. The molecule has 2 aromatic heterocycles. The molecule has 35 heavy (non-hydrogen) atoms.